The van der Waals surface area contributed by atoms with Gasteiger partial charge in [-0.25, -0.2) is 0 Å². The number of hydrogen-bond donors (Lipinski definition) is 0. The lowest BCUT2D eigenvalue weighted by atomic mass is 10.1. The largest absolute Gasteiger partial charge is 0.416 e. The summed E-state index contributed by atoms with van der Waals surface area (Å²) in [5, 5.41) is 1.65. The molecule has 1 aromatic rings. The van der Waals surface area contributed by atoms with E-state index in [1.54, 1.807) is 0 Å². The van der Waals surface area contributed by atoms with Gasteiger partial charge in [-0.1, -0.05) is 51.1 Å². The molecule has 0 saturated carbocycles. The molecular weight excluding hydrogens is 256 g/mol. The highest BCUT2D eigenvalue weighted by molar-refractivity contribution is 8.07. The molecule has 3 heteroatoms. The molecule has 2 atom stereocenters. The summed E-state index contributed by atoms with van der Waals surface area (Å²) in [6, 6.07) is 10.8. The Bertz CT molecular complexity index is 397. The number of thioether (sulfide) groups is 1. The van der Waals surface area contributed by atoms with E-state index >= 15 is 0 Å². The molecule has 1 saturated heterocycles. The molecule has 1 aliphatic heterocycles. The normalized spacial score (nSPS) is 24.1. The molecular formula is C15H24OSSi. The lowest BCUT2D eigenvalue weighted by Crippen LogP contribution is -2.41. The van der Waals surface area contributed by atoms with E-state index in [9.17, 15) is 0 Å². The van der Waals surface area contributed by atoms with Gasteiger partial charge >= 0.3 is 0 Å². The third kappa shape index (κ3) is 3.19. The van der Waals surface area contributed by atoms with Crippen molar-refractivity contribution in [3.05, 3.63) is 35.9 Å². The number of rotatable bonds is 4. The zero-order valence-electron chi connectivity index (χ0n) is 12.1. The van der Waals surface area contributed by atoms with Crippen LogP contribution in [0, 0.1) is 0 Å². The van der Waals surface area contributed by atoms with Crippen molar-refractivity contribution in [2.45, 2.75) is 49.4 Å². The zero-order valence-corrected chi connectivity index (χ0v) is 13.9. The fraction of sp³-hybridized carbons (Fsp3) is 0.600. The summed E-state index contributed by atoms with van der Waals surface area (Å²) in [7, 11) is -1.57. The van der Waals surface area contributed by atoms with Crippen molar-refractivity contribution in [2.75, 3.05) is 6.61 Å². The summed E-state index contributed by atoms with van der Waals surface area (Å²) < 4.78 is 6.29. The molecule has 0 N–H and O–H groups in total. The average molecular weight is 281 g/mol. The Balaban J connectivity index is 1.85. The van der Waals surface area contributed by atoms with E-state index in [1.807, 2.05) is 11.8 Å². The topological polar surface area (TPSA) is 9.23 Å². The summed E-state index contributed by atoms with van der Waals surface area (Å²) in [6.45, 7) is 12.5. The van der Waals surface area contributed by atoms with Crippen LogP contribution in [0.25, 0.3) is 0 Å². The molecule has 0 aromatic heterocycles. The number of hydrogen-bond acceptors (Lipinski definition) is 2. The van der Waals surface area contributed by atoms with Crippen LogP contribution in [0.2, 0.25) is 18.1 Å². The van der Waals surface area contributed by atoms with Crippen LogP contribution in [0.1, 0.15) is 31.6 Å². The Morgan fingerprint density at radius 3 is 2.33 bits per heavy atom. The molecule has 1 aliphatic rings. The monoisotopic (exact) mass is 280 g/mol. The molecule has 1 fully saturated rings. The first kappa shape index (κ1) is 14.2. The van der Waals surface area contributed by atoms with E-state index in [-0.39, 0.29) is 0 Å². The molecule has 1 aromatic carbocycles. The van der Waals surface area contributed by atoms with Crippen LogP contribution in [0.4, 0.5) is 0 Å². The molecule has 0 bridgehead atoms. The van der Waals surface area contributed by atoms with Gasteiger partial charge < -0.3 is 4.43 Å². The Morgan fingerprint density at radius 2 is 1.78 bits per heavy atom. The highest BCUT2D eigenvalue weighted by Gasteiger charge is 2.43. The first-order valence-electron chi connectivity index (χ1n) is 6.66. The fourth-order valence-electron chi connectivity index (χ4n) is 1.71. The molecule has 1 nitrogen and oxygen atoms in total. The fourth-order valence-corrected chi connectivity index (χ4v) is 3.85. The molecule has 0 spiro atoms. The lowest BCUT2D eigenvalue weighted by molar-refractivity contribution is 0.294. The molecule has 1 heterocycles. The van der Waals surface area contributed by atoms with Crippen molar-refractivity contribution in [2.24, 2.45) is 0 Å². The first-order valence-corrected chi connectivity index (χ1v) is 10.5. The Kier molecular flexibility index (Phi) is 3.95. The van der Waals surface area contributed by atoms with Gasteiger partial charge in [0, 0.05) is 17.1 Å². The Morgan fingerprint density at radius 1 is 1.17 bits per heavy atom. The third-order valence-corrected chi connectivity index (χ3v) is 9.96. The summed E-state index contributed by atoms with van der Waals surface area (Å²) >= 11 is 2.04. The zero-order chi connectivity index (χ0) is 13.4. The van der Waals surface area contributed by atoms with Crippen LogP contribution < -0.4 is 0 Å². The summed E-state index contributed by atoms with van der Waals surface area (Å²) in [6.07, 6.45) is 0. The Hall–Kier alpha value is -0.253. The van der Waals surface area contributed by atoms with Crippen molar-refractivity contribution in [1.82, 2.24) is 0 Å². The van der Waals surface area contributed by atoms with Gasteiger partial charge in [0.05, 0.1) is 0 Å². The van der Waals surface area contributed by atoms with Gasteiger partial charge in [0.2, 0.25) is 0 Å². The highest BCUT2D eigenvalue weighted by Crippen LogP contribution is 2.55. The second-order valence-electron chi connectivity index (χ2n) is 6.58. The van der Waals surface area contributed by atoms with Gasteiger partial charge in [-0.05, 0) is 23.7 Å². The maximum Gasteiger partial charge on any atom is 0.192 e. The van der Waals surface area contributed by atoms with Crippen LogP contribution >= 0.6 is 11.8 Å². The number of benzene rings is 1. The third-order valence-electron chi connectivity index (χ3n) is 4.13. The molecule has 0 unspecified atom stereocenters. The predicted molar refractivity (Wildman–Crippen MR) is 83.7 cm³/mol. The van der Waals surface area contributed by atoms with Crippen molar-refractivity contribution in [3.8, 4) is 0 Å². The van der Waals surface area contributed by atoms with Crippen molar-refractivity contribution in [3.63, 3.8) is 0 Å². The smallest absolute Gasteiger partial charge is 0.192 e. The second kappa shape index (κ2) is 5.03. The minimum Gasteiger partial charge on any atom is -0.416 e. The van der Waals surface area contributed by atoms with Crippen LogP contribution in [0.3, 0.4) is 0 Å². The van der Waals surface area contributed by atoms with Crippen molar-refractivity contribution in [1.29, 1.82) is 0 Å². The van der Waals surface area contributed by atoms with Gasteiger partial charge in [-0.3, -0.25) is 0 Å². The average Bonchev–Trinajstić information content (AvgIpc) is 3.06. The first-order chi connectivity index (χ1) is 8.31. The molecule has 0 aliphatic carbocycles. The quantitative estimate of drug-likeness (QED) is 0.575. The minimum absolute atomic E-state index is 0.314. The maximum atomic E-state index is 6.29. The highest BCUT2D eigenvalue weighted by atomic mass is 32.2. The van der Waals surface area contributed by atoms with Crippen LogP contribution in [-0.4, -0.2) is 20.2 Å². The van der Waals surface area contributed by atoms with Crippen molar-refractivity contribution < 1.29 is 4.43 Å². The minimum atomic E-state index is -1.57. The molecule has 18 heavy (non-hydrogen) atoms. The van der Waals surface area contributed by atoms with Crippen LogP contribution in [0.15, 0.2) is 30.3 Å². The Labute approximate surface area is 116 Å². The predicted octanol–water partition coefficient (Wildman–Crippen LogP) is 4.86. The van der Waals surface area contributed by atoms with E-state index in [2.05, 4.69) is 64.2 Å². The summed E-state index contributed by atoms with van der Waals surface area (Å²) in [5.74, 6) is 0. The van der Waals surface area contributed by atoms with Crippen LogP contribution in [0.5, 0.6) is 0 Å². The van der Waals surface area contributed by atoms with E-state index in [0.29, 0.717) is 15.5 Å². The van der Waals surface area contributed by atoms with Gasteiger partial charge in [0.25, 0.3) is 0 Å². The van der Waals surface area contributed by atoms with E-state index in [1.165, 1.54) is 5.56 Å². The van der Waals surface area contributed by atoms with Crippen LogP contribution in [-0.2, 0) is 4.43 Å². The molecule has 0 amide bonds. The van der Waals surface area contributed by atoms with Crippen molar-refractivity contribution >= 4 is 20.1 Å². The molecule has 0 radical (unpaired) electrons. The maximum absolute atomic E-state index is 6.29. The lowest BCUT2D eigenvalue weighted by Gasteiger charge is -2.36. The van der Waals surface area contributed by atoms with Gasteiger partial charge in [-0.2, -0.15) is 0 Å². The summed E-state index contributed by atoms with van der Waals surface area (Å²) in [4.78, 5) is 0. The molecule has 2 rings (SSSR count). The molecule has 100 valence electrons. The standard InChI is InChI=1S/C15H24OSSi/c1-15(2,3)18(4,5)16-11-13-14(17-13)12-9-7-6-8-10-12/h6-10,13-14H,11H2,1-5H3/t13-,14-/m1/s1. The van der Waals surface area contributed by atoms with Gasteiger partial charge in [0.15, 0.2) is 8.32 Å². The van der Waals surface area contributed by atoms with E-state index in [4.69, 9.17) is 4.43 Å². The summed E-state index contributed by atoms with van der Waals surface area (Å²) in [5.41, 5.74) is 1.45. The SMILES string of the molecule is CC(C)(C)[Si](C)(C)OC[C@H]1S[C@@H]1c1ccccc1. The second-order valence-corrected chi connectivity index (χ2v) is 12.8. The van der Waals surface area contributed by atoms with E-state index in [0.717, 1.165) is 6.61 Å². The van der Waals surface area contributed by atoms with Gasteiger partial charge in [-0.15, -0.1) is 11.8 Å². The van der Waals surface area contributed by atoms with E-state index < -0.39 is 8.32 Å². The van der Waals surface area contributed by atoms with Gasteiger partial charge in [0.1, 0.15) is 0 Å².